The summed E-state index contributed by atoms with van der Waals surface area (Å²) in [5.41, 5.74) is 7.54. The van der Waals surface area contributed by atoms with Gasteiger partial charge in [-0.1, -0.05) is 49.2 Å². The number of hydrogen-bond donors (Lipinski definition) is 1. The molecule has 0 saturated heterocycles. The third kappa shape index (κ3) is 3.65. The SMILES string of the molecule is CC(C)C1CCC(N)(Cc2cccc(Cl)c2Cl)CC1. The van der Waals surface area contributed by atoms with Crippen molar-refractivity contribution in [1.29, 1.82) is 0 Å². The lowest BCUT2D eigenvalue weighted by molar-refractivity contribution is 0.194. The van der Waals surface area contributed by atoms with E-state index >= 15 is 0 Å². The van der Waals surface area contributed by atoms with Crippen LogP contribution in [0, 0.1) is 11.8 Å². The minimum absolute atomic E-state index is 0.111. The smallest absolute Gasteiger partial charge is 0.0624 e. The van der Waals surface area contributed by atoms with E-state index in [1.165, 1.54) is 12.8 Å². The molecular formula is C16H23Cl2N. The van der Waals surface area contributed by atoms with Crippen LogP contribution in [-0.2, 0) is 6.42 Å². The van der Waals surface area contributed by atoms with Gasteiger partial charge < -0.3 is 5.73 Å². The van der Waals surface area contributed by atoms with Gasteiger partial charge in [0, 0.05) is 5.54 Å². The summed E-state index contributed by atoms with van der Waals surface area (Å²) >= 11 is 12.3. The summed E-state index contributed by atoms with van der Waals surface area (Å²) in [6, 6.07) is 5.82. The fourth-order valence-electron chi connectivity index (χ4n) is 3.12. The first-order chi connectivity index (χ1) is 8.91. The van der Waals surface area contributed by atoms with Gasteiger partial charge in [-0.3, -0.25) is 0 Å². The number of rotatable bonds is 3. The quantitative estimate of drug-likeness (QED) is 0.827. The zero-order valence-electron chi connectivity index (χ0n) is 11.8. The van der Waals surface area contributed by atoms with Crippen LogP contribution < -0.4 is 5.73 Å². The lowest BCUT2D eigenvalue weighted by Gasteiger charge is -2.39. The molecule has 0 aliphatic heterocycles. The number of nitrogens with two attached hydrogens (primary N) is 1. The van der Waals surface area contributed by atoms with E-state index < -0.39 is 0 Å². The van der Waals surface area contributed by atoms with Crippen molar-refractivity contribution in [2.24, 2.45) is 17.6 Å². The first-order valence-corrected chi connectivity index (χ1v) is 7.89. The van der Waals surface area contributed by atoms with Crippen LogP contribution in [0.4, 0.5) is 0 Å². The van der Waals surface area contributed by atoms with E-state index in [1.54, 1.807) is 0 Å². The van der Waals surface area contributed by atoms with Gasteiger partial charge in [0.15, 0.2) is 0 Å². The summed E-state index contributed by atoms with van der Waals surface area (Å²) in [6.45, 7) is 4.62. The first kappa shape index (κ1) is 15.2. The summed E-state index contributed by atoms with van der Waals surface area (Å²) in [7, 11) is 0. The van der Waals surface area contributed by atoms with Gasteiger partial charge in [0.2, 0.25) is 0 Å². The Bertz CT molecular complexity index is 434. The highest BCUT2D eigenvalue weighted by Gasteiger charge is 2.33. The van der Waals surface area contributed by atoms with Crippen LogP contribution in [-0.4, -0.2) is 5.54 Å². The molecule has 0 radical (unpaired) electrons. The largest absolute Gasteiger partial charge is 0.325 e. The van der Waals surface area contributed by atoms with Gasteiger partial charge in [-0.15, -0.1) is 0 Å². The molecule has 2 N–H and O–H groups in total. The maximum atomic E-state index is 6.57. The molecule has 1 nitrogen and oxygen atoms in total. The average Bonchev–Trinajstić information content (AvgIpc) is 2.35. The van der Waals surface area contributed by atoms with Crippen molar-refractivity contribution < 1.29 is 0 Å². The van der Waals surface area contributed by atoms with Crippen LogP contribution in [0.25, 0.3) is 0 Å². The molecule has 0 amide bonds. The van der Waals surface area contributed by atoms with Gasteiger partial charge in [0.1, 0.15) is 0 Å². The molecule has 0 bridgehead atoms. The predicted octanol–water partition coefficient (Wildman–Crippen LogP) is 5.08. The van der Waals surface area contributed by atoms with E-state index in [0.717, 1.165) is 36.7 Å². The van der Waals surface area contributed by atoms with E-state index in [4.69, 9.17) is 28.9 Å². The maximum Gasteiger partial charge on any atom is 0.0624 e. The van der Waals surface area contributed by atoms with Crippen LogP contribution >= 0.6 is 23.2 Å². The van der Waals surface area contributed by atoms with E-state index in [1.807, 2.05) is 18.2 Å². The lowest BCUT2D eigenvalue weighted by Crippen LogP contribution is -2.45. The normalized spacial score (nSPS) is 27.8. The topological polar surface area (TPSA) is 26.0 Å². The predicted molar refractivity (Wildman–Crippen MR) is 83.9 cm³/mol. The Morgan fingerprint density at radius 1 is 1.26 bits per heavy atom. The fourth-order valence-corrected chi connectivity index (χ4v) is 3.51. The van der Waals surface area contributed by atoms with Crippen molar-refractivity contribution in [3.05, 3.63) is 33.8 Å². The Kier molecular flexibility index (Phi) is 4.81. The minimum Gasteiger partial charge on any atom is -0.325 e. The molecule has 19 heavy (non-hydrogen) atoms. The van der Waals surface area contributed by atoms with Crippen LogP contribution in [0.2, 0.25) is 10.0 Å². The lowest BCUT2D eigenvalue weighted by atomic mass is 9.71. The minimum atomic E-state index is -0.111. The molecule has 1 fully saturated rings. The summed E-state index contributed by atoms with van der Waals surface area (Å²) in [4.78, 5) is 0. The van der Waals surface area contributed by atoms with Crippen molar-refractivity contribution >= 4 is 23.2 Å². The van der Waals surface area contributed by atoms with Gasteiger partial charge in [-0.05, 0) is 55.6 Å². The van der Waals surface area contributed by atoms with Crippen molar-refractivity contribution in [3.8, 4) is 0 Å². The third-order valence-corrected chi connectivity index (χ3v) is 5.40. The second-order valence-electron chi connectivity index (χ2n) is 6.33. The summed E-state index contributed by atoms with van der Waals surface area (Å²) in [6.07, 6.45) is 5.45. The molecular weight excluding hydrogens is 277 g/mol. The molecule has 1 saturated carbocycles. The van der Waals surface area contributed by atoms with Crippen molar-refractivity contribution in [2.75, 3.05) is 0 Å². The van der Waals surface area contributed by atoms with Crippen LogP contribution in [0.3, 0.4) is 0 Å². The van der Waals surface area contributed by atoms with Crippen molar-refractivity contribution in [3.63, 3.8) is 0 Å². The standard InChI is InChI=1S/C16H23Cl2N/c1-11(2)12-6-8-16(19,9-7-12)10-13-4-3-5-14(17)15(13)18/h3-5,11-12H,6-10,19H2,1-2H3. The Morgan fingerprint density at radius 2 is 1.89 bits per heavy atom. The maximum absolute atomic E-state index is 6.57. The summed E-state index contributed by atoms with van der Waals surface area (Å²) in [5.74, 6) is 1.59. The fraction of sp³-hybridized carbons (Fsp3) is 0.625. The van der Waals surface area contributed by atoms with Crippen LogP contribution in [0.15, 0.2) is 18.2 Å². The zero-order chi connectivity index (χ0) is 14.0. The Balaban J connectivity index is 2.05. The third-order valence-electron chi connectivity index (χ3n) is 4.54. The van der Waals surface area contributed by atoms with Crippen molar-refractivity contribution in [2.45, 2.75) is 51.5 Å². The van der Waals surface area contributed by atoms with Gasteiger partial charge in [-0.2, -0.15) is 0 Å². The van der Waals surface area contributed by atoms with Gasteiger partial charge >= 0.3 is 0 Å². The van der Waals surface area contributed by atoms with Gasteiger partial charge in [-0.25, -0.2) is 0 Å². The van der Waals surface area contributed by atoms with E-state index in [0.29, 0.717) is 10.0 Å². The Labute approximate surface area is 126 Å². The van der Waals surface area contributed by atoms with E-state index in [-0.39, 0.29) is 5.54 Å². The number of halogens is 2. The molecule has 106 valence electrons. The molecule has 2 rings (SSSR count). The molecule has 0 heterocycles. The molecule has 1 aromatic carbocycles. The highest BCUT2D eigenvalue weighted by atomic mass is 35.5. The molecule has 1 aliphatic rings. The molecule has 1 aromatic rings. The molecule has 1 aliphatic carbocycles. The van der Waals surface area contributed by atoms with E-state index in [2.05, 4.69) is 13.8 Å². The zero-order valence-corrected chi connectivity index (χ0v) is 13.3. The first-order valence-electron chi connectivity index (χ1n) is 7.13. The molecule has 0 spiro atoms. The summed E-state index contributed by atoms with van der Waals surface area (Å²) < 4.78 is 0. The average molecular weight is 300 g/mol. The number of benzene rings is 1. The Morgan fingerprint density at radius 3 is 2.47 bits per heavy atom. The molecule has 0 unspecified atom stereocenters. The highest BCUT2D eigenvalue weighted by molar-refractivity contribution is 6.42. The molecule has 3 heteroatoms. The highest BCUT2D eigenvalue weighted by Crippen LogP contribution is 2.38. The van der Waals surface area contributed by atoms with E-state index in [9.17, 15) is 0 Å². The van der Waals surface area contributed by atoms with Gasteiger partial charge in [0.05, 0.1) is 10.0 Å². The molecule has 0 atom stereocenters. The second kappa shape index (κ2) is 6.03. The van der Waals surface area contributed by atoms with Crippen LogP contribution in [0.5, 0.6) is 0 Å². The Hall–Kier alpha value is -0.240. The summed E-state index contributed by atoms with van der Waals surface area (Å²) in [5, 5.41) is 1.29. The van der Waals surface area contributed by atoms with Crippen molar-refractivity contribution in [1.82, 2.24) is 0 Å². The molecule has 0 aromatic heterocycles. The number of hydrogen-bond acceptors (Lipinski definition) is 1. The monoisotopic (exact) mass is 299 g/mol. The van der Waals surface area contributed by atoms with Gasteiger partial charge in [0.25, 0.3) is 0 Å². The van der Waals surface area contributed by atoms with Crippen LogP contribution in [0.1, 0.15) is 45.1 Å². The second-order valence-corrected chi connectivity index (χ2v) is 7.12.